The third-order valence-electron chi connectivity index (χ3n) is 16.9. The zero-order valence-electron chi connectivity index (χ0n) is 58.1. The van der Waals surface area contributed by atoms with E-state index in [9.17, 15) is 61.3 Å². The predicted octanol–water partition coefficient (Wildman–Crippen LogP) is 17.1. The Morgan fingerprint density at radius 1 is 0.114 bits per heavy atom. The van der Waals surface area contributed by atoms with Crippen LogP contribution in [0.15, 0.2) is 364 Å². The molecular formula is C90H96Ni3O12. The van der Waals surface area contributed by atoms with Crippen LogP contribution in [0.4, 0.5) is 0 Å². The van der Waals surface area contributed by atoms with Crippen LogP contribution < -0.4 is 0 Å². The molecule has 12 N–H and O–H groups in total. The Labute approximate surface area is 648 Å². The van der Waals surface area contributed by atoms with Crippen LogP contribution in [0, 0.1) is 0 Å². The van der Waals surface area contributed by atoms with Crippen LogP contribution in [-0.2, 0) is 49.5 Å². The molecule has 0 aliphatic heterocycles. The van der Waals surface area contributed by atoms with Gasteiger partial charge in [0, 0.05) is 88.0 Å². The van der Waals surface area contributed by atoms with Gasteiger partial charge in [-0.05, 0) is 66.8 Å². The van der Waals surface area contributed by atoms with Crippen molar-refractivity contribution in [2.75, 3.05) is 0 Å². The Kier molecular flexibility index (Phi) is 43.2. The average Bonchev–Trinajstić information content (AvgIpc) is 1.31. The fraction of sp³-hybridized carbons (Fsp3) is 0.200. The molecule has 0 saturated heterocycles. The normalized spacial score (nSPS) is 13.8. The smallest absolute Gasteiger partial charge is 0.0818 e. The molecule has 12 atom stereocenters. The topological polar surface area (TPSA) is 243 Å². The first-order valence-corrected chi connectivity index (χ1v) is 34.4. The van der Waals surface area contributed by atoms with E-state index in [0.717, 1.165) is 66.8 Å². The molecule has 558 valence electrons. The van der Waals surface area contributed by atoms with E-state index < -0.39 is 73.2 Å². The monoisotopic (exact) mass is 1540 g/mol. The zero-order valence-corrected chi connectivity index (χ0v) is 61.1. The minimum Gasteiger partial charge on any atom is -0.388 e. The largest absolute Gasteiger partial charge is 0.388 e. The van der Waals surface area contributed by atoms with E-state index in [1.807, 2.05) is 364 Å². The van der Waals surface area contributed by atoms with Gasteiger partial charge in [-0.2, -0.15) is 0 Å². The van der Waals surface area contributed by atoms with Crippen LogP contribution in [0.1, 0.15) is 179 Å². The molecule has 105 heavy (non-hydrogen) atoms. The molecule has 12 aromatic rings. The summed E-state index contributed by atoms with van der Waals surface area (Å²) in [6, 6.07) is 113. The molecule has 0 saturated carbocycles. The van der Waals surface area contributed by atoms with Crippen molar-refractivity contribution >= 4 is 0 Å². The van der Waals surface area contributed by atoms with E-state index in [2.05, 4.69) is 0 Å². The van der Waals surface area contributed by atoms with Gasteiger partial charge in [0.25, 0.3) is 0 Å². The van der Waals surface area contributed by atoms with Crippen molar-refractivity contribution in [3.8, 4) is 0 Å². The first-order valence-electron chi connectivity index (χ1n) is 34.4. The van der Waals surface area contributed by atoms with Crippen LogP contribution >= 0.6 is 0 Å². The maximum Gasteiger partial charge on any atom is 0.0818 e. The van der Waals surface area contributed by atoms with Crippen molar-refractivity contribution in [2.45, 2.75) is 112 Å². The summed E-state index contributed by atoms with van der Waals surface area (Å²) >= 11 is 0. The van der Waals surface area contributed by atoms with Crippen LogP contribution in [0.5, 0.6) is 0 Å². The van der Waals surface area contributed by atoms with Gasteiger partial charge < -0.3 is 61.3 Å². The maximum absolute atomic E-state index is 9.99. The van der Waals surface area contributed by atoms with E-state index in [-0.39, 0.29) is 49.5 Å². The number of benzene rings is 12. The van der Waals surface area contributed by atoms with Gasteiger partial charge in [0.05, 0.1) is 73.2 Å². The fourth-order valence-electron chi connectivity index (χ4n) is 11.0. The van der Waals surface area contributed by atoms with Gasteiger partial charge in [0.1, 0.15) is 0 Å². The maximum atomic E-state index is 9.99. The molecule has 0 aliphatic rings. The van der Waals surface area contributed by atoms with Crippen molar-refractivity contribution < 1.29 is 111 Å². The number of hydrogen-bond acceptors (Lipinski definition) is 12. The quantitative estimate of drug-likeness (QED) is 0.0253. The minimum absolute atomic E-state index is 0. The van der Waals surface area contributed by atoms with Gasteiger partial charge in [-0.1, -0.05) is 364 Å². The van der Waals surface area contributed by atoms with E-state index in [0.29, 0.717) is 38.5 Å². The van der Waals surface area contributed by atoms with Crippen molar-refractivity contribution in [3.05, 3.63) is 431 Å². The third kappa shape index (κ3) is 32.9. The van der Waals surface area contributed by atoms with Gasteiger partial charge in [-0.25, -0.2) is 0 Å². The molecule has 0 radical (unpaired) electrons. The number of aliphatic hydroxyl groups excluding tert-OH is 12. The molecule has 0 spiro atoms. The molecule has 12 rings (SSSR count). The molecule has 12 aromatic carbocycles. The van der Waals surface area contributed by atoms with Crippen molar-refractivity contribution in [1.29, 1.82) is 0 Å². The fourth-order valence-corrected chi connectivity index (χ4v) is 11.0. The standard InChI is InChI=1S/6C15H16O2.3Ni/c6*16-14(12-7-3-1-4-8-12)11-15(17)13-9-5-2-6-10-13;;;/h6*1-10,14-17H,11H2;;;. The second kappa shape index (κ2) is 51.0. The molecule has 12 unspecified atom stereocenters. The van der Waals surface area contributed by atoms with Crippen molar-refractivity contribution in [2.24, 2.45) is 0 Å². The average molecular weight is 1550 g/mol. The molecule has 0 bridgehead atoms. The Bertz CT molecular complexity index is 3080. The summed E-state index contributed by atoms with van der Waals surface area (Å²) < 4.78 is 0. The van der Waals surface area contributed by atoms with E-state index in [1.54, 1.807) is 0 Å². The minimum atomic E-state index is -0.633. The van der Waals surface area contributed by atoms with Crippen molar-refractivity contribution in [1.82, 2.24) is 0 Å². The molecule has 0 fully saturated rings. The first-order chi connectivity index (χ1) is 49.6. The Hall–Kier alpha value is -8.36. The van der Waals surface area contributed by atoms with Gasteiger partial charge in [0.15, 0.2) is 0 Å². The first kappa shape index (κ1) is 89.0. The SMILES string of the molecule is OC(CC(O)c1ccccc1)c1ccccc1.OC(CC(O)c1ccccc1)c1ccccc1.OC(CC(O)c1ccccc1)c1ccccc1.OC(CC(O)c1ccccc1)c1ccccc1.OC(CC(O)c1ccccc1)c1ccccc1.OC(CC(O)c1ccccc1)c1ccccc1.[Ni].[Ni].[Ni]. The number of hydrogen-bond donors (Lipinski definition) is 12. The van der Waals surface area contributed by atoms with Gasteiger partial charge >= 0.3 is 0 Å². The number of rotatable bonds is 24. The van der Waals surface area contributed by atoms with E-state index >= 15 is 0 Å². The van der Waals surface area contributed by atoms with Crippen LogP contribution in [0.25, 0.3) is 0 Å². The van der Waals surface area contributed by atoms with Crippen LogP contribution in [-0.4, -0.2) is 61.3 Å². The Balaban J connectivity index is 0.000000265. The van der Waals surface area contributed by atoms with Gasteiger partial charge in [-0.15, -0.1) is 0 Å². The van der Waals surface area contributed by atoms with Crippen LogP contribution in [0.2, 0.25) is 0 Å². The van der Waals surface area contributed by atoms with Crippen molar-refractivity contribution in [3.63, 3.8) is 0 Å². The van der Waals surface area contributed by atoms with E-state index in [4.69, 9.17) is 0 Å². The van der Waals surface area contributed by atoms with Gasteiger partial charge in [0.2, 0.25) is 0 Å². The second-order valence-electron chi connectivity index (χ2n) is 24.5. The molecule has 12 nitrogen and oxygen atoms in total. The molecular weight excluding hydrogens is 1450 g/mol. The molecule has 0 aromatic heterocycles. The summed E-state index contributed by atoms with van der Waals surface area (Å²) in [6.45, 7) is 0. The summed E-state index contributed by atoms with van der Waals surface area (Å²) in [5, 5.41) is 120. The third-order valence-corrected chi connectivity index (χ3v) is 16.9. The summed E-state index contributed by atoms with van der Waals surface area (Å²) in [5.74, 6) is 0. The number of aliphatic hydroxyl groups is 12. The summed E-state index contributed by atoms with van der Waals surface area (Å²) in [7, 11) is 0. The molecule has 0 heterocycles. The summed E-state index contributed by atoms with van der Waals surface area (Å²) in [4.78, 5) is 0. The predicted molar refractivity (Wildman–Crippen MR) is 405 cm³/mol. The summed E-state index contributed by atoms with van der Waals surface area (Å²) in [6.07, 6.45) is -5.71. The summed E-state index contributed by atoms with van der Waals surface area (Å²) in [5.41, 5.74) is 10.0. The second-order valence-corrected chi connectivity index (χ2v) is 24.5. The van der Waals surface area contributed by atoms with Crippen LogP contribution in [0.3, 0.4) is 0 Å². The molecule has 0 amide bonds. The molecule has 0 aliphatic carbocycles. The Morgan fingerprint density at radius 3 is 0.229 bits per heavy atom. The molecule has 15 heteroatoms. The van der Waals surface area contributed by atoms with Gasteiger partial charge in [-0.3, -0.25) is 0 Å². The van der Waals surface area contributed by atoms with E-state index in [1.165, 1.54) is 0 Å². The zero-order chi connectivity index (χ0) is 72.5. The Morgan fingerprint density at radius 2 is 0.171 bits per heavy atom.